The molecule has 0 saturated carbocycles. The smallest absolute Gasteiger partial charge is 0.155 e. The zero-order valence-electron chi connectivity index (χ0n) is 6.28. The van der Waals surface area contributed by atoms with Crippen LogP contribution in [0.25, 0.3) is 11.0 Å². The molecule has 0 amide bonds. The lowest BCUT2D eigenvalue weighted by Crippen LogP contribution is -1.71. The van der Waals surface area contributed by atoms with Crippen LogP contribution in [0.15, 0.2) is 24.5 Å². The van der Waals surface area contributed by atoms with Gasteiger partial charge in [-0.25, -0.2) is 4.98 Å². The Balaban J connectivity index is 0.000000281. The van der Waals surface area contributed by atoms with E-state index in [2.05, 4.69) is 20.9 Å². The molecule has 2 rings (SSSR count). The second-order valence-electron chi connectivity index (χ2n) is 1.81. The number of hydrogen-bond donors (Lipinski definition) is 2. The van der Waals surface area contributed by atoms with E-state index in [1.807, 2.05) is 12.1 Å². The molecule has 0 atom stereocenters. The van der Waals surface area contributed by atoms with Crippen molar-refractivity contribution in [2.45, 2.75) is 0 Å². The van der Waals surface area contributed by atoms with Gasteiger partial charge in [0.25, 0.3) is 0 Å². The minimum atomic E-state index is 0.845. The topological polar surface area (TPSA) is 67.6 Å². The SMILES string of the molecule is CN.c1cnc2[nH]ncc2c1. The van der Waals surface area contributed by atoms with E-state index in [0.29, 0.717) is 0 Å². The van der Waals surface area contributed by atoms with Crippen LogP contribution in [0.4, 0.5) is 0 Å². The van der Waals surface area contributed by atoms with Crippen molar-refractivity contribution < 1.29 is 0 Å². The van der Waals surface area contributed by atoms with Crippen molar-refractivity contribution in [3.63, 3.8) is 0 Å². The highest BCUT2D eigenvalue weighted by Crippen LogP contribution is 2.03. The first-order valence-corrected chi connectivity index (χ1v) is 3.28. The third-order valence-corrected chi connectivity index (χ3v) is 1.21. The van der Waals surface area contributed by atoms with Crippen LogP contribution in [0.1, 0.15) is 0 Å². The van der Waals surface area contributed by atoms with E-state index in [9.17, 15) is 0 Å². The van der Waals surface area contributed by atoms with E-state index in [-0.39, 0.29) is 0 Å². The highest BCUT2D eigenvalue weighted by molar-refractivity contribution is 5.72. The quantitative estimate of drug-likeness (QED) is 0.575. The minimum Gasteiger partial charge on any atom is -0.333 e. The number of aromatic nitrogens is 3. The first kappa shape index (κ1) is 7.68. The number of fused-ring (bicyclic) bond motifs is 1. The molecular weight excluding hydrogens is 140 g/mol. The first-order valence-electron chi connectivity index (χ1n) is 3.28. The monoisotopic (exact) mass is 150 g/mol. The molecule has 0 bridgehead atoms. The maximum absolute atomic E-state index is 4.50. The van der Waals surface area contributed by atoms with E-state index < -0.39 is 0 Å². The molecule has 2 aromatic heterocycles. The molecule has 2 heterocycles. The zero-order valence-corrected chi connectivity index (χ0v) is 6.28. The van der Waals surface area contributed by atoms with Gasteiger partial charge in [0.2, 0.25) is 0 Å². The van der Waals surface area contributed by atoms with Gasteiger partial charge >= 0.3 is 0 Å². The van der Waals surface area contributed by atoms with Crippen LogP contribution in [0.5, 0.6) is 0 Å². The van der Waals surface area contributed by atoms with Crippen molar-refractivity contribution >= 4 is 11.0 Å². The number of nitrogens with two attached hydrogens (primary N) is 1. The van der Waals surface area contributed by atoms with Crippen molar-refractivity contribution in [2.75, 3.05) is 7.05 Å². The predicted molar refractivity (Wildman–Crippen MR) is 44.0 cm³/mol. The molecule has 0 aliphatic carbocycles. The molecule has 11 heavy (non-hydrogen) atoms. The standard InChI is InChI=1S/C6H5N3.CH5N/c1-2-5-4-8-9-6(5)7-3-1;1-2/h1-4H,(H,7,8,9);2H2,1H3. The highest BCUT2D eigenvalue weighted by atomic mass is 15.1. The average molecular weight is 150 g/mol. The number of H-pyrrole nitrogens is 1. The van der Waals surface area contributed by atoms with Gasteiger partial charge in [0.05, 0.1) is 6.20 Å². The summed E-state index contributed by atoms with van der Waals surface area (Å²) in [5.41, 5.74) is 5.34. The Hall–Kier alpha value is -1.42. The lowest BCUT2D eigenvalue weighted by molar-refractivity contribution is 1.10. The van der Waals surface area contributed by atoms with Crippen LogP contribution < -0.4 is 5.73 Å². The molecule has 3 N–H and O–H groups in total. The van der Waals surface area contributed by atoms with Crippen molar-refractivity contribution in [3.05, 3.63) is 24.5 Å². The molecule has 0 unspecified atom stereocenters. The molecule has 4 nitrogen and oxygen atoms in total. The van der Waals surface area contributed by atoms with Gasteiger partial charge in [0.1, 0.15) is 0 Å². The molecule has 0 aliphatic rings. The van der Waals surface area contributed by atoms with Gasteiger partial charge in [-0.3, -0.25) is 5.10 Å². The van der Waals surface area contributed by atoms with Crippen molar-refractivity contribution in [1.29, 1.82) is 0 Å². The summed E-state index contributed by atoms with van der Waals surface area (Å²) in [5, 5.41) is 7.63. The largest absolute Gasteiger partial charge is 0.333 e. The maximum atomic E-state index is 4.50. The molecule has 0 aromatic carbocycles. The summed E-state index contributed by atoms with van der Waals surface area (Å²) in [4.78, 5) is 4.02. The summed E-state index contributed by atoms with van der Waals surface area (Å²) in [6.07, 6.45) is 3.49. The zero-order chi connectivity index (χ0) is 8.10. The van der Waals surface area contributed by atoms with E-state index >= 15 is 0 Å². The van der Waals surface area contributed by atoms with E-state index in [1.165, 1.54) is 7.05 Å². The van der Waals surface area contributed by atoms with Gasteiger partial charge in [-0.2, -0.15) is 5.10 Å². The number of rotatable bonds is 0. The summed E-state index contributed by atoms with van der Waals surface area (Å²) < 4.78 is 0. The molecule has 0 radical (unpaired) electrons. The van der Waals surface area contributed by atoms with E-state index in [1.54, 1.807) is 12.4 Å². The van der Waals surface area contributed by atoms with Crippen molar-refractivity contribution in [1.82, 2.24) is 15.2 Å². The van der Waals surface area contributed by atoms with Crippen LogP contribution in [-0.4, -0.2) is 22.2 Å². The number of aromatic amines is 1. The molecule has 0 aliphatic heterocycles. The second-order valence-corrected chi connectivity index (χ2v) is 1.81. The van der Waals surface area contributed by atoms with Crippen LogP contribution in [0, 0.1) is 0 Å². The Morgan fingerprint density at radius 2 is 2.27 bits per heavy atom. The fraction of sp³-hybridized carbons (Fsp3) is 0.143. The minimum absolute atomic E-state index is 0.845. The predicted octanol–water partition coefficient (Wildman–Crippen LogP) is 0.533. The fourth-order valence-electron chi connectivity index (χ4n) is 0.778. The molecular formula is C7H10N4. The van der Waals surface area contributed by atoms with Gasteiger partial charge in [0.15, 0.2) is 5.65 Å². The van der Waals surface area contributed by atoms with E-state index in [4.69, 9.17) is 0 Å². The fourth-order valence-corrected chi connectivity index (χ4v) is 0.778. The Morgan fingerprint density at radius 1 is 1.45 bits per heavy atom. The van der Waals surface area contributed by atoms with Crippen molar-refractivity contribution in [2.24, 2.45) is 5.73 Å². The second kappa shape index (κ2) is 3.68. The molecule has 58 valence electrons. The van der Waals surface area contributed by atoms with Crippen LogP contribution in [0.3, 0.4) is 0 Å². The summed E-state index contributed by atoms with van der Waals surface area (Å²) >= 11 is 0. The number of hydrogen-bond acceptors (Lipinski definition) is 3. The van der Waals surface area contributed by atoms with Crippen LogP contribution in [-0.2, 0) is 0 Å². The third-order valence-electron chi connectivity index (χ3n) is 1.21. The number of nitrogens with zero attached hydrogens (tertiary/aromatic N) is 2. The molecule has 0 spiro atoms. The molecule has 0 fully saturated rings. The van der Waals surface area contributed by atoms with Gasteiger partial charge in [0, 0.05) is 11.6 Å². The molecule has 2 aromatic rings. The summed E-state index contributed by atoms with van der Waals surface area (Å²) in [6, 6.07) is 3.85. The average Bonchev–Trinajstić information content (AvgIpc) is 2.55. The lowest BCUT2D eigenvalue weighted by atomic mass is 10.4. The first-order chi connectivity index (χ1) is 5.47. The molecule has 4 heteroatoms. The Bertz CT molecular complexity index is 284. The van der Waals surface area contributed by atoms with Gasteiger partial charge in [-0.05, 0) is 19.2 Å². The Labute approximate surface area is 64.4 Å². The van der Waals surface area contributed by atoms with Crippen LogP contribution in [0.2, 0.25) is 0 Å². The van der Waals surface area contributed by atoms with Crippen molar-refractivity contribution in [3.8, 4) is 0 Å². The van der Waals surface area contributed by atoms with Gasteiger partial charge < -0.3 is 5.73 Å². The third kappa shape index (κ3) is 1.53. The maximum Gasteiger partial charge on any atom is 0.155 e. The number of pyridine rings is 1. The van der Waals surface area contributed by atoms with Gasteiger partial charge in [-0.1, -0.05) is 0 Å². The molecule has 0 saturated heterocycles. The lowest BCUT2D eigenvalue weighted by Gasteiger charge is -1.80. The van der Waals surface area contributed by atoms with Gasteiger partial charge in [-0.15, -0.1) is 0 Å². The Morgan fingerprint density at radius 3 is 3.00 bits per heavy atom. The summed E-state index contributed by atoms with van der Waals surface area (Å²) in [6.45, 7) is 0. The summed E-state index contributed by atoms with van der Waals surface area (Å²) in [7, 11) is 1.50. The summed E-state index contributed by atoms with van der Waals surface area (Å²) in [5.74, 6) is 0. The normalized spacial score (nSPS) is 8.91. The van der Waals surface area contributed by atoms with Crippen LogP contribution >= 0.6 is 0 Å². The highest BCUT2D eigenvalue weighted by Gasteiger charge is 1.89. The Kier molecular flexibility index (Phi) is 2.57. The number of nitrogens with one attached hydrogen (secondary N) is 1. The van der Waals surface area contributed by atoms with E-state index in [0.717, 1.165) is 11.0 Å².